The van der Waals surface area contributed by atoms with Gasteiger partial charge in [-0.1, -0.05) is 18.6 Å². The molecular weight excluding hydrogens is 184 g/mol. The summed E-state index contributed by atoms with van der Waals surface area (Å²) in [5, 5.41) is 0. The van der Waals surface area contributed by atoms with Crippen LogP contribution >= 0.6 is 23.5 Å². The Bertz CT molecular complexity index is 100. The first-order valence-corrected chi connectivity index (χ1v) is 7.33. The Morgan fingerprint density at radius 1 is 0.917 bits per heavy atom. The van der Waals surface area contributed by atoms with Gasteiger partial charge in [-0.2, -0.15) is 23.5 Å². The van der Waals surface area contributed by atoms with Crippen molar-refractivity contribution in [3.8, 4) is 0 Å². The molecule has 0 aliphatic heterocycles. The van der Waals surface area contributed by atoms with Crippen LogP contribution in [0.25, 0.3) is 0 Å². The maximum absolute atomic E-state index is 2.32. The average molecular weight is 204 g/mol. The molecule has 0 bridgehead atoms. The Morgan fingerprint density at radius 3 is 2.42 bits per heavy atom. The SMILES string of the molecule is CSC/C=C/CCCCCSC. The maximum atomic E-state index is 2.32. The van der Waals surface area contributed by atoms with Crippen LogP contribution in [-0.4, -0.2) is 24.0 Å². The molecule has 0 N–H and O–H groups in total. The van der Waals surface area contributed by atoms with Crippen LogP contribution in [0.3, 0.4) is 0 Å². The molecule has 0 saturated carbocycles. The molecule has 0 unspecified atom stereocenters. The third-order valence-electron chi connectivity index (χ3n) is 1.65. The summed E-state index contributed by atoms with van der Waals surface area (Å²) in [6.45, 7) is 0. The van der Waals surface area contributed by atoms with Crippen LogP contribution in [-0.2, 0) is 0 Å². The molecule has 0 atom stereocenters. The molecule has 2 heteroatoms. The van der Waals surface area contributed by atoms with Gasteiger partial charge < -0.3 is 0 Å². The number of rotatable bonds is 8. The number of unbranched alkanes of at least 4 members (excludes halogenated alkanes) is 3. The van der Waals surface area contributed by atoms with Gasteiger partial charge in [0.05, 0.1) is 0 Å². The fourth-order valence-corrected chi connectivity index (χ4v) is 1.79. The van der Waals surface area contributed by atoms with Crippen LogP contribution in [0.15, 0.2) is 12.2 Å². The third kappa shape index (κ3) is 10.4. The molecule has 0 spiro atoms. The van der Waals surface area contributed by atoms with E-state index in [2.05, 4.69) is 24.7 Å². The van der Waals surface area contributed by atoms with Gasteiger partial charge in [-0.05, 0) is 37.5 Å². The largest absolute Gasteiger partial charge is 0.165 e. The summed E-state index contributed by atoms with van der Waals surface area (Å²) in [5.74, 6) is 2.50. The quantitative estimate of drug-likeness (QED) is 0.435. The predicted molar refractivity (Wildman–Crippen MR) is 64.4 cm³/mol. The monoisotopic (exact) mass is 204 g/mol. The first-order chi connectivity index (χ1) is 5.91. The summed E-state index contributed by atoms with van der Waals surface area (Å²) in [6.07, 6.45) is 14.3. The molecule has 0 fully saturated rings. The summed E-state index contributed by atoms with van der Waals surface area (Å²) in [4.78, 5) is 0. The van der Waals surface area contributed by atoms with E-state index >= 15 is 0 Å². The van der Waals surface area contributed by atoms with E-state index < -0.39 is 0 Å². The molecule has 0 aromatic heterocycles. The highest BCUT2D eigenvalue weighted by atomic mass is 32.2. The van der Waals surface area contributed by atoms with E-state index in [9.17, 15) is 0 Å². The van der Waals surface area contributed by atoms with Crippen molar-refractivity contribution >= 4 is 23.5 Å². The Hall–Kier alpha value is 0.440. The number of allylic oxidation sites excluding steroid dienone is 1. The summed E-state index contributed by atoms with van der Waals surface area (Å²) in [7, 11) is 0. The Morgan fingerprint density at radius 2 is 1.75 bits per heavy atom. The van der Waals surface area contributed by atoms with Crippen LogP contribution in [0.2, 0.25) is 0 Å². The van der Waals surface area contributed by atoms with Crippen molar-refractivity contribution in [1.29, 1.82) is 0 Å². The van der Waals surface area contributed by atoms with Gasteiger partial charge in [0.1, 0.15) is 0 Å². The summed E-state index contributed by atoms with van der Waals surface area (Å²) in [5.41, 5.74) is 0. The molecule has 0 rings (SSSR count). The lowest BCUT2D eigenvalue weighted by Gasteiger charge is -1.95. The zero-order chi connectivity index (χ0) is 9.07. The van der Waals surface area contributed by atoms with Gasteiger partial charge in [-0.3, -0.25) is 0 Å². The number of hydrogen-bond donors (Lipinski definition) is 0. The summed E-state index contributed by atoms with van der Waals surface area (Å²) < 4.78 is 0. The Labute approximate surface area is 85.6 Å². The minimum Gasteiger partial charge on any atom is -0.165 e. The molecule has 0 aromatic rings. The molecule has 0 amide bonds. The molecule has 0 aromatic carbocycles. The van der Waals surface area contributed by atoms with Gasteiger partial charge in [0.25, 0.3) is 0 Å². The van der Waals surface area contributed by atoms with Gasteiger partial charge >= 0.3 is 0 Å². The molecule has 0 radical (unpaired) electrons. The third-order valence-corrected chi connectivity index (χ3v) is 2.87. The van der Waals surface area contributed by atoms with Gasteiger partial charge in [0.2, 0.25) is 0 Å². The van der Waals surface area contributed by atoms with Crippen LogP contribution in [0.4, 0.5) is 0 Å². The normalized spacial score (nSPS) is 11.2. The molecule has 0 saturated heterocycles. The van der Waals surface area contributed by atoms with Crippen LogP contribution in [0.5, 0.6) is 0 Å². The first kappa shape index (κ1) is 12.4. The minimum absolute atomic E-state index is 1.17. The van der Waals surface area contributed by atoms with E-state index in [4.69, 9.17) is 0 Å². The van der Waals surface area contributed by atoms with Gasteiger partial charge in [0.15, 0.2) is 0 Å². The number of thioether (sulfide) groups is 2. The lowest BCUT2D eigenvalue weighted by molar-refractivity contribution is 0.734. The molecule has 0 aliphatic carbocycles. The van der Waals surface area contributed by atoms with E-state index in [-0.39, 0.29) is 0 Å². The lowest BCUT2D eigenvalue weighted by Crippen LogP contribution is -1.79. The van der Waals surface area contributed by atoms with Crippen molar-refractivity contribution < 1.29 is 0 Å². The fraction of sp³-hybridized carbons (Fsp3) is 0.800. The zero-order valence-electron chi connectivity index (χ0n) is 8.21. The first-order valence-electron chi connectivity index (χ1n) is 4.54. The Kier molecular flexibility index (Phi) is 11.9. The molecule has 12 heavy (non-hydrogen) atoms. The molecular formula is C10H20S2. The zero-order valence-corrected chi connectivity index (χ0v) is 9.85. The van der Waals surface area contributed by atoms with Gasteiger partial charge in [-0.15, -0.1) is 0 Å². The second-order valence-electron chi connectivity index (χ2n) is 2.77. The van der Waals surface area contributed by atoms with Gasteiger partial charge in [-0.25, -0.2) is 0 Å². The van der Waals surface area contributed by atoms with Crippen LogP contribution in [0, 0.1) is 0 Å². The van der Waals surface area contributed by atoms with Crippen molar-refractivity contribution in [3.63, 3.8) is 0 Å². The second-order valence-corrected chi connectivity index (χ2v) is 4.67. The highest BCUT2D eigenvalue weighted by molar-refractivity contribution is 7.98. The van der Waals surface area contributed by atoms with E-state index in [1.165, 1.54) is 37.2 Å². The van der Waals surface area contributed by atoms with Crippen LogP contribution < -0.4 is 0 Å². The smallest absolute Gasteiger partial charge is 0.0110 e. The summed E-state index contributed by atoms with van der Waals surface area (Å²) >= 11 is 3.84. The molecule has 0 nitrogen and oxygen atoms in total. The average Bonchev–Trinajstić information content (AvgIpc) is 2.10. The Balaban J connectivity index is 2.90. The van der Waals surface area contributed by atoms with Crippen molar-refractivity contribution in [2.75, 3.05) is 24.0 Å². The van der Waals surface area contributed by atoms with Gasteiger partial charge in [0, 0.05) is 5.75 Å². The fourth-order valence-electron chi connectivity index (χ4n) is 0.967. The predicted octanol–water partition coefficient (Wildman–Crippen LogP) is 3.83. The second kappa shape index (κ2) is 11.4. The molecule has 0 heterocycles. The highest BCUT2D eigenvalue weighted by Gasteiger charge is 1.85. The maximum Gasteiger partial charge on any atom is 0.0110 e. The van der Waals surface area contributed by atoms with Crippen molar-refractivity contribution in [2.24, 2.45) is 0 Å². The van der Waals surface area contributed by atoms with E-state index in [0.717, 1.165) is 0 Å². The van der Waals surface area contributed by atoms with Crippen LogP contribution in [0.1, 0.15) is 25.7 Å². The standard InChI is InChI=1S/C10H20S2/c1-11-9-7-5-3-4-6-8-10-12-2/h5,7H,3-4,6,8-10H2,1-2H3/b7-5+. The molecule has 72 valence electrons. The van der Waals surface area contributed by atoms with Crippen molar-refractivity contribution in [3.05, 3.63) is 12.2 Å². The minimum atomic E-state index is 1.17. The number of hydrogen-bond acceptors (Lipinski definition) is 2. The molecule has 0 aliphatic rings. The van der Waals surface area contributed by atoms with Crippen molar-refractivity contribution in [2.45, 2.75) is 25.7 Å². The van der Waals surface area contributed by atoms with E-state index in [1.54, 1.807) is 0 Å². The van der Waals surface area contributed by atoms with Crippen molar-refractivity contribution in [1.82, 2.24) is 0 Å². The van der Waals surface area contributed by atoms with E-state index in [0.29, 0.717) is 0 Å². The summed E-state index contributed by atoms with van der Waals surface area (Å²) in [6, 6.07) is 0. The lowest BCUT2D eigenvalue weighted by atomic mass is 10.2. The highest BCUT2D eigenvalue weighted by Crippen LogP contribution is 2.05. The topological polar surface area (TPSA) is 0 Å². The van der Waals surface area contributed by atoms with E-state index in [1.807, 2.05) is 23.5 Å².